The molecule has 2 rings (SSSR count). The maximum absolute atomic E-state index is 5.84. The Hall–Kier alpha value is -0.120. The number of ether oxygens (including phenoxy) is 1. The molecule has 0 aliphatic carbocycles. The van der Waals surface area contributed by atoms with Crippen LogP contribution >= 0.6 is 0 Å². The number of rotatable bonds is 5. The summed E-state index contributed by atoms with van der Waals surface area (Å²) in [5, 5.41) is 0. The second-order valence-corrected chi connectivity index (χ2v) is 9.44. The fourth-order valence-corrected chi connectivity index (χ4v) is 3.69. The highest BCUT2D eigenvalue weighted by atomic mass is 16.5. The molecule has 130 valence electrons. The minimum absolute atomic E-state index is 0.0183. The SMILES string of the molecule is CC(C)(C)OCCC1CN(CC2CCN(C(C)(C)C)CC2)C1. The lowest BCUT2D eigenvalue weighted by molar-refractivity contribution is -0.0261. The van der Waals surface area contributed by atoms with Crippen LogP contribution in [0.25, 0.3) is 0 Å². The van der Waals surface area contributed by atoms with E-state index in [-0.39, 0.29) is 5.60 Å². The molecule has 0 radical (unpaired) electrons. The van der Waals surface area contributed by atoms with Crippen LogP contribution in [0.15, 0.2) is 0 Å². The quantitative estimate of drug-likeness (QED) is 0.771. The third kappa shape index (κ3) is 5.82. The first kappa shape index (κ1) is 18.2. The molecule has 0 aromatic carbocycles. The van der Waals surface area contributed by atoms with Crippen molar-refractivity contribution in [2.24, 2.45) is 11.8 Å². The minimum atomic E-state index is 0.0183. The highest BCUT2D eigenvalue weighted by Gasteiger charge is 2.31. The van der Waals surface area contributed by atoms with Gasteiger partial charge in [0.1, 0.15) is 0 Å². The van der Waals surface area contributed by atoms with Crippen molar-refractivity contribution < 1.29 is 4.74 Å². The Bertz CT molecular complexity index is 328. The van der Waals surface area contributed by atoms with E-state index in [1.165, 1.54) is 52.0 Å². The first-order valence-corrected chi connectivity index (χ1v) is 9.25. The summed E-state index contributed by atoms with van der Waals surface area (Å²) in [5.41, 5.74) is 0.365. The normalized spacial score (nSPS) is 23.7. The van der Waals surface area contributed by atoms with Crippen molar-refractivity contribution in [3.05, 3.63) is 0 Å². The molecule has 0 spiro atoms. The lowest BCUT2D eigenvalue weighted by Crippen LogP contribution is -2.52. The maximum Gasteiger partial charge on any atom is 0.0598 e. The highest BCUT2D eigenvalue weighted by Crippen LogP contribution is 2.27. The van der Waals surface area contributed by atoms with Crippen LogP contribution in [0.5, 0.6) is 0 Å². The second-order valence-electron chi connectivity index (χ2n) is 9.44. The molecule has 0 aromatic heterocycles. The molecule has 0 unspecified atom stereocenters. The van der Waals surface area contributed by atoms with Gasteiger partial charge in [-0.25, -0.2) is 0 Å². The molecule has 2 aliphatic heterocycles. The van der Waals surface area contributed by atoms with Gasteiger partial charge < -0.3 is 9.64 Å². The van der Waals surface area contributed by atoms with E-state index in [1.807, 2.05) is 0 Å². The Morgan fingerprint density at radius 3 is 2.00 bits per heavy atom. The van der Waals surface area contributed by atoms with E-state index in [9.17, 15) is 0 Å². The predicted molar refractivity (Wildman–Crippen MR) is 94.3 cm³/mol. The Morgan fingerprint density at radius 1 is 0.909 bits per heavy atom. The van der Waals surface area contributed by atoms with E-state index in [4.69, 9.17) is 4.74 Å². The van der Waals surface area contributed by atoms with E-state index >= 15 is 0 Å². The van der Waals surface area contributed by atoms with Crippen LogP contribution in [0.2, 0.25) is 0 Å². The molecule has 0 atom stereocenters. The van der Waals surface area contributed by atoms with Crippen LogP contribution in [0.3, 0.4) is 0 Å². The molecule has 2 heterocycles. The van der Waals surface area contributed by atoms with Crippen LogP contribution in [0.1, 0.15) is 60.8 Å². The van der Waals surface area contributed by atoms with Crippen LogP contribution in [-0.4, -0.2) is 60.3 Å². The van der Waals surface area contributed by atoms with Gasteiger partial charge >= 0.3 is 0 Å². The summed E-state index contributed by atoms with van der Waals surface area (Å²) in [6, 6.07) is 0. The smallest absolute Gasteiger partial charge is 0.0598 e. The van der Waals surface area contributed by atoms with Gasteiger partial charge in [-0.1, -0.05) is 0 Å². The average Bonchev–Trinajstić information content (AvgIpc) is 2.33. The molecule has 22 heavy (non-hydrogen) atoms. The fraction of sp³-hybridized carbons (Fsp3) is 1.00. The van der Waals surface area contributed by atoms with Crippen molar-refractivity contribution in [1.82, 2.24) is 9.80 Å². The van der Waals surface area contributed by atoms with Gasteiger partial charge in [-0.15, -0.1) is 0 Å². The maximum atomic E-state index is 5.84. The van der Waals surface area contributed by atoms with Gasteiger partial charge in [-0.05, 0) is 85.7 Å². The highest BCUT2D eigenvalue weighted by molar-refractivity contribution is 4.86. The molecule has 0 aromatic rings. The average molecular weight is 311 g/mol. The summed E-state index contributed by atoms with van der Waals surface area (Å²) in [5.74, 6) is 1.79. The molecule has 2 aliphatic rings. The second kappa shape index (κ2) is 7.19. The number of piperidine rings is 1. The Kier molecular flexibility index (Phi) is 5.95. The molecular formula is C19H38N2O. The first-order chi connectivity index (χ1) is 10.1. The van der Waals surface area contributed by atoms with Crippen molar-refractivity contribution in [2.45, 2.75) is 71.9 Å². The molecule has 3 nitrogen and oxygen atoms in total. The zero-order valence-corrected chi connectivity index (χ0v) is 15.8. The third-order valence-electron chi connectivity index (χ3n) is 5.17. The van der Waals surface area contributed by atoms with Crippen molar-refractivity contribution in [1.29, 1.82) is 0 Å². The Labute approximate surface area is 138 Å². The van der Waals surface area contributed by atoms with Crippen molar-refractivity contribution >= 4 is 0 Å². The zero-order chi connectivity index (χ0) is 16.4. The number of likely N-dealkylation sites (tertiary alicyclic amines) is 2. The van der Waals surface area contributed by atoms with Gasteiger partial charge in [0.25, 0.3) is 0 Å². The molecular weight excluding hydrogens is 272 g/mol. The summed E-state index contributed by atoms with van der Waals surface area (Å²) < 4.78 is 5.84. The Balaban J connectivity index is 1.55. The van der Waals surface area contributed by atoms with Crippen molar-refractivity contribution in [3.63, 3.8) is 0 Å². The lowest BCUT2D eigenvalue weighted by atomic mass is 9.89. The van der Waals surface area contributed by atoms with Gasteiger partial charge in [-0.3, -0.25) is 4.90 Å². The van der Waals surface area contributed by atoms with Crippen molar-refractivity contribution in [3.8, 4) is 0 Å². The summed E-state index contributed by atoms with van der Waals surface area (Å²) in [7, 11) is 0. The molecule has 3 heteroatoms. The molecule has 2 saturated heterocycles. The number of hydrogen-bond acceptors (Lipinski definition) is 3. The topological polar surface area (TPSA) is 15.7 Å². The lowest BCUT2D eigenvalue weighted by Gasteiger charge is -2.45. The predicted octanol–water partition coefficient (Wildman–Crippen LogP) is 3.63. The van der Waals surface area contributed by atoms with Gasteiger partial charge in [0, 0.05) is 31.8 Å². The van der Waals surface area contributed by atoms with Gasteiger partial charge in [-0.2, -0.15) is 0 Å². The van der Waals surface area contributed by atoms with Crippen LogP contribution in [-0.2, 0) is 4.74 Å². The third-order valence-corrected chi connectivity index (χ3v) is 5.17. The van der Waals surface area contributed by atoms with Crippen LogP contribution in [0, 0.1) is 11.8 Å². The molecule has 0 saturated carbocycles. The largest absolute Gasteiger partial charge is 0.376 e. The van der Waals surface area contributed by atoms with Crippen LogP contribution in [0.4, 0.5) is 0 Å². The van der Waals surface area contributed by atoms with Gasteiger partial charge in [0.15, 0.2) is 0 Å². The van der Waals surface area contributed by atoms with Gasteiger partial charge in [0.05, 0.1) is 5.60 Å². The number of nitrogens with zero attached hydrogens (tertiary/aromatic N) is 2. The number of hydrogen-bond donors (Lipinski definition) is 0. The zero-order valence-electron chi connectivity index (χ0n) is 15.8. The van der Waals surface area contributed by atoms with E-state index in [0.29, 0.717) is 5.54 Å². The Morgan fingerprint density at radius 2 is 1.50 bits per heavy atom. The standard InChI is InChI=1S/C19H38N2O/c1-18(2,3)21-10-7-16(8-11-21)13-20-14-17(15-20)9-12-22-19(4,5)6/h16-17H,7-15H2,1-6H3. The van der Waals surface area contributed by atoms with E-state index < -0.39 is 0 Å². The summed E-state index contributed by atoms with van der Waals surface area (Å²) in [6.45, 7) is 20.9. The minimum Gasteiger partial charge on any atom is -0.376 e. The van der Waals surface area contributed by atoms with Crippen molar-refractivity contribution in [2.75, 3.05) is 39.3 Å². The first-order valence-electron chi connectivity index (χ1n) is 9.25. The van der Waals surface area contributed by atoms with E-state index in [1.54, 1.807) is 0 Å². The monoisotopic (exact) mass is 310 g/mol. The molecule has 0 bridgehead atoms. The van der Waals surface area contributed by atoms with E-state index in [0.717, 1.165) is 18.4 Å². The van der Waals surface area contributed by atoms with Gasteiger partial charge in [0.2, 0.25) is 0 Å². The summed E-state index contributed by atoms with van der Waals surface area (Å²) in [6.07, 6.45) is 3.99. The molecule has 0 N–H and O–H groups in total. The molecule has 2 fully saturated rings. The summed E-state index contributed by atoms with van der Waals surface area (Å²) >= 11 is 0. The summed E-state index contributed by atoms with van der Waals surface area (Å²) in [4.78, 5) is 5.31. The van der Waals surface area contributed by atoms with E-state index in [2.05, 4.69) is 51.3 Å². The van der Waals surface area contributed by atoms with Crippen LogP contribution < -0.4 is 0 Å². The fourth-order valence-electron chi connectivity index (χ4n) is 3.69. The molecule has 0 amide bonds.